The molecule has 0 aliphatic rings. The summed E-state index contributed by atoms with van der Waals surface area (Å²) < 4.78 is 27.9. The highest BCUT2D eigenvalue weighted by atomic mass is 35.5. The van der Waals surface area contributed by atoms with Crippen LogP contribution in [-0.2, 0) is 27.3 Å². The molecule has 0 fully saturated rings. The lowest BCUT2D eigenvalue weighted by molar-refractivity contribution is -0.149. The van der Waals surface area contributed by atoms with Crippen LogP contribution in [0.5, 0.6) is 17.2 Å². The van der Waals surface area contributed by atoms with E-state index in [0.717, 1.165) is 16.7 Å². The molecule has 9 nitrogen and oxygen atoms in total. The lowest BCUT2D eigenvalue weighted by atomic mass is 10.1. The van der Waals surface area contributed by atoms with Crippen molar-refractivity contribution >= 4 is 35.3 Å². The third kappa shape index (κ3) is 10.7. The Labute approximate surface area is 255 Å². The molecular weight excluding hydrogens is 585 g/mol. The normalized spacial score (nSPS) is 11.5. The van der Waals surface area contributed by atoms with E-state index >= 15 is 0 Å². The van der Waals surface area contributed by atoms with Crippen molar-refractivity contribution in [1.82, 2.24) is 4.90 Å². The van der Waals surface area contributed by atoms with Crippen molar-refractivity contribution in [3.05, 3.63) is 87.4 Å². The second-order valence-corrected chi connectivity index (χ2v) is 10.2. The highest BCUT2D eigenvalue weighted by Crippen LogP contribution is 2.28. The van der Waals surface area contributed by atoms with Crippen LogP contribution in [0.15, 0.2) is 60.7 Å². The van der Waals surface area contributed by atoms with Crippen molar-refractivity contribution in [1.29, 1.82) is 0 Å². The number of carbonyl (C=O) groups is 2. The molecule has 1 atom stereocenters. The molecule has 0 aliphatic heterocycles. The molecular formula is C31H35Cl2NO8. The van der Waals surface area contributed by atoms with Crippen LogP contribution in [0.25, 0.3) is 0 Å². The van der Waals surface area contributed by atoms with E-state index in [2.05, 4.69) is 0 Å². The zero-order chi connectivity index (χ0) is 30.5. The van der Waals surface area contributed by atoms with Crippen LogP contribution in [-0.4, -0.2) is 68.2 Å². The van der Waals surface area contributed by atoms with E-state index < -0.39 is 18.2 Å². The van der Waals surface area contributed by atoms with Crippen LogP contribution in [0, 0.1) is 6.92 Å². The Morgan fingerprint density at radius 1 is 0.905 bits per heavy atom. The van der Waals surface area contributed by atoms with Crippen molar-refractivity contribution in [2.75, 3.05) is 40.0 Å². The molecule has 3 aromatic rings. The lowest BCUT2D eigenvalue weighted by Crippen LogP contribution is -2.39. The van der Waals surface area contributed by atoms with Gasteiger partial charge >= 0.3 is 12.1 Å². The van der Waals surface area contributed by atoms with Gasteiger partial charge < -0.3 is 33.7 Å². The third-order valence-corrected chi connectivity index (χ3v) is 6.53. The van der Waals surface area contributed by atoms with Gasteiger partial charge in [0.05, 0.1) is 26.9 Å². The summed E-state index contributed by atoms with van der Waals surface area (Å²) in [4.78, 5) is 26.0. The van der Waals surface area contributed by atoms with E-state index in [1.54, 1.807) is 61.5 Å². The van der Waals surface area contributed by atoms with Gasteiger partial charge in [-0.05, 0) is 73.0 Å². The standard InChI is InChI=1S/C31H35Cl2NO8/c1-4-40-29(30(35)36)18-22-6-8-26(9-7-22)41-14-12-34(11-13-39-20-23-16-24(32)19-25(33)17-23)31(37)42-28-15-21(2)5-10-27(28)38-3/h5-10,15-17,19,29H,4,11-14,18,20H2,1-3H3,(H,35,36). The van der Waals surface area contributed by atoms with Crippen LogP contribution >= 0.6 is 23.2 Å². The average Bonchev–Trinajstić information content (AvgIpc) is 2.94. The van der Waals surface area contributed by atoms with Crippen molar-refractivity contribution in [2.45, 2.75) is 33.0 Å². The molecule has 1 N–H and O–H groups in total. The van der Waals surface area contributed by atoms with Crippen LogP contribution in [0.3, 0.4) is 0 Å². The summed E-state index contributed by atoms with van der Waals surface area (Å²) in [5.74, 6) is 0.316. The molecule has 3 aromatic carbocycles. The predicted octanol–water partition coefficient (Wildman–Crippen LogP) is 6.44. The molecule has 0 aromatic heterocycles. The largest absolute Gasteiger partial charge is 0.493 e. The minimum atomic E-state index is -1.01. The van der Waals surface area contributed by atoms with Gasteiger partial charge in [-0.15, -0.1) is 0 Å². The smallest absolute Gasteiger partial charge is 0.415 e. The number of nitrogens with zero attached hydrogens (tertiary/aromatic N) is 1. The molecule has 0 saturated heterocycles. The lowest BCUT2D eigenvalue weighted by Gasteiger charge is -2.23. The number of ether oxygens (including phenoxy) is 5. The van der Waals surface area contributed by atoms with E-state index in [1.165, 1.54) is 12.0 Å². The molecule has 226 valence electrons. The van der Waals surface area contributed by atoms with Crippen LogP contribution in [0.2, 0.25) is 10.0 Å². The molecule has 0 bridgehead atoms. The zero-order valence-corrected chi connectivity index (χ0v) is 25.3. The number of halogens is 2. The Hall–Kier alpha value is -3.50. The van der Waals surface area contributed by atoms with Gasteiger partial charge in [-0.2, -0.15) is 0 Å². The van der Waals surface area contributed by atoms with Gasteiger partial charge in [0.2, 0.25) is 0 Å². The molecule has 0 heterocycles. The first-order chi connectivity index (χ1) is 20.2. The Morgan fingerprint density at radius 2 is 1.60 bits per heavy atom. The van der Waals surface area contributed by atoms with Crippen molar-refractivity contribution in [3.63, 3.8) is 0 Å². The molecule has 0 aliphatic carbocycles. The maximum Gasteiger partial charge on any atom is 0.415 e. The van der Waals surface area contributed by atoms with Crippen LogP contribution in [0.4, 0.5) is 4.79 Å². The fourth-order valence-electron chi connectivity index (χ4n) is 4.00. The maximum atomic E-state index is 13.2. The molecule has 0 radical (unpaired) electrons. The van der Waals surface area contributed by atoms with Gasteiger partial charge in [0.25, 0.3) is 0 Å². The highest BCUT2D eigenvalue weighted by Gasteiger charge is 2.20. The van der Waals surface area contributed by atoms with Gasteiger partial charge in [-0.25, -0.2) is 9.59 Å². The second kappa shape index (κ2) is 16.8. The number of hydrogen-bond acceptors (Lipinski definition) is 7. The van der Waals surface area contributed by atoms with Gasteiger partial charge in [0, 0.05) is 29.6 Å². The monoisotopic (exact) mass is 619 g/mol. The van der Waals surface area contributed by atoms with Crippen molar-refractivity contribution < 1.29 is 38.4 Å². The van der Waals surface area contributed by atoms with Crippen molar-refractivity contribution in [2.24, 2.45) is 0 Å². The fraction of sp³-hybridized carbons (Fsp3) is 0.355. The summed E-state index contributed by atoms with van der Waals surface area (Å²) in [6.07, 6.45) is -1.25. The Morgan fingerprint density at radius 3 is 2.24 bits per heavy atom. The number of carboxylic acid groups (broad SMARTS) is 1. The van der Waals surface area contributed by atoms with E-state index in [9.17, 15) is 14.7 Å². The summed E-state index contributed by atoms with van der Waals surface area (Å²) >= 11 is 12.1. The topological polar surface area (TPSA) is 104 Å². The van der Waals surface area contributed by atoms with Crippen LogP contribution < -0.4 is 14.2 Å². The number of methoxy groups -OCH3 is 1. The van der Waals surface area contributed by atoms with E-state index in [-0.39, 0.29) is 39.3 Å². The minimum Gasteiger partial charge on any atom is -0.493 e. The Kier molecular flexibility index (Phi) is 13.2. The number of carboxylic acids is 1. The first-order valence-corrected chi connectivity index (χ1v) is 14.1. The number of hydrogen-bond donors (Lipinski definition) is 1. The number of amides is 1. The van der Waals surface area contributed by atoms with Crippen LogP contribution in [0.1, 0.15) is 23.6 Å². The number of carbonyl (C=O) groups excluding carboxylic acids is 1. The van der Waals surface area contributed by atoms with Gasteiger partial charge in [0.1, 0.15) is 12.4 Å². The molecule has 3 rings (SSSR count). The molecule has 42 heavy (non-hydrogen) atoms. The second-order valence-electron chi connectivity index (χ2n) is 9.32. The highest BCUT2D eigenvalue weighted by molar-refractivity contribution is 6.34. The summed E-state index contributed by atoms with van der Waals surface area (Å²) in [5.41, 5.74) is 2.53. The third-order valence-electron chi connectivity index (χ3n) is 6.09. The molecule has 1 amide bonds. The first-order valence-electron chi connectivity index (χ1n) is 13.4. The summed E-state index contributed by atoms with van der Waals surface area (Å²) in [6.45, 7) is 5.08. The quantitative estimate of drug-likeness (QED) is 0.183. The molecule has 11 heteroatoms. The minimum absolute atomic E-state index is 0.181. The summed E-state index contributed by atoms with van der Waals surface area (Å²) in [6, 6.07) is 17.6. The number of rotatable bonds is 16. The van der Waals surface area contributed by atoms with E-state index in [4.69, 9.17) is 46.9 Å². The summed E-state index contributed by atoms with van der Waals surface area (Å²) in [7, 11) is 1.51. The predicted molar refractivity (Wildman–Crippen MR) is 160 cm³/mol. The molecule has 1 unspecified atom stereocenters. The Bertz CT molecular complexity index is 1300. The van der Waals surface area contributed by atoms with Gasteiger partial charge in [0.15, 0.2) is 17.6 Å². The fourth-order valence-corrected chi connectivity index (χ4v) is 4.58. The average molecular weight is 621 g/mol. The summed E-state index contributed by atoms with van der Waals surface area (Å²) in [5, 5.41) is 10.3. The number of aryl methyl sites for hydroxylation is 1. The molecule has 0 spiro atoms. The maximum absolute atomic E-state index is 13.2. The van der Waals surface area contributed by atoms with E-state index in [1.807, 2.05) is 13.0 Å². The van der Waals surface area contributed by atoms with Gasteiger partial charge in [-0.1, -0.05) is 41.4 Å². The Balaban J connectivity index is 1.60. The zero-order valence-electron chi connectivity index (χ0n) is 23.8. The number of benzene rings is 3. The molecule has 0 saturated carbocycles. The van der Waals surface area contributed by atoms with Crippen molar-refractivity contribution in [3.8, 4) is 17.2 Å². The van der Waals surface area contributed by atoms with Gasteiger partial charge in [-0.3, -0.25) is 0 Å². The van der Waals surface area contributed by atoms with E-state index in [0.29, 0.717) is 33.9 Å². The first kappa shape index (κ1) is 33.0. The SMILES string of the molecule is CCOC(Cc1ccc(OCCN(CCOCc2cc(Cl)cc(Cl)c2)C(=O)Oc2cc(C)ccc2OC)cc1)C(=O)O. The number of aliphatic carboxylic acids is 1.